The predicted molar refractivity (Wildman–Crippen MR) is 120 cm³/mol. The van der Waals surface area contributed by atoms with E-state index in [9.17, 15) is 16.8 Å². The van der Waals surface area contributed by atoms with Gasteiger partial charge in [0.2, 0.25) is 20.0 Å². The molecule has 0 amide bonds. The van der Waals surface area contributed by atoms with Crippen LogP contribution in [0, 0.1) is 0 Å². The fraction of sp³-hybridized carbons (Fsp3) is 0.429. The van der Waals surface area contributed by atoms with Gasteiger partial charge in [0, 0.05) is 42.3 Å². The third kappa shape index (κ3) is 4.43. The zero-order chi connectivity index (χ0) is 21.9. The van der Waals surface area contributed by atoms with Gasteiger partial charge < -0.3 is 0 Å². The van der Waals surface area contributed by atoms with Crippen LogP contribution < -0.4 is 0 Å². The number of sulfonamides is 2. The molecule has 1 heterocycles. The quantitative estimate of drug-likeness (QED) is 0.607. The number of hydrogen-bond acceptors (Lipinski definition) is 4. The molecule has 1 fully saturated rings. The van der Waals surface area contributed by atoms with E-state index in [1.165, 1.54) is 32.9 Å². The Kier molecular flexibility index (Phi) is 7.24. The maximum absolute atomic E-state index is 13.2. The highest BCUT2D eigenvalue weighted by Crippen LogP contribution is 2.36. The summed E-state index contributed by atoms with van der Waals surface area (Å²) < 4.78 is 55.5. The zero-order valence-corrected chi connectivity index (χ0v) is 19.6. The molecule has 164 valence electrons. The molecular weight excluding hydrogens is 444 g/mol. The summed E-state index contributed by atoms with van der Waals surface area (Å²) in [6, 6.07) is 11.1. The summed E-state index contributed by atoms with van der Waals surface area (Å²) in [5.74, 6) is 0. The molecular formula is C21H27ClN2O4S2. The lowest BCUT2D eigenvalue weighted by Gasteiger charge is -2.26. The Balaban J connectivity index is 2.13. The van der Waals surface area contributed by atoms with Crippen molar-refractivity contribution in [3.8, 4) is 11.1 Å². The van der Waals surface area contributed by atoms with Gasteiger partial charge in [-0.25, -0.2) is 16.8 Å². The molecule has 0 bridgehead atoms. The van der Waals surface area contributed by atoms with E-state index in [-0.39, 0.29) is 9.79 Å². The molecule has 2 aromatic carbocycles. The number of rotatable bonds is 7. The highest BCUT2D eigenvalue weighted by Gasteiger charge is 2.29. The van der Waals surface area contributed by atoms with E-state index < -0.39 is 20.0 Å². The summed E-state index contributed by atoms with van der Waals surface area (Å²) in [5, 5.41) is 0.301. The van der Waals surface area contributed by atoms with Crippen molar-refractivity contribution in [2.24, 2.45) is 0 Å². The first-order valence-electron chi connectivity index (χ1n) is 10.1. The molecule has 9 heteroatoms. The third-order valence-electron chi connectivity index (χ3n) is 5.39. The van der Waals surface area contributed by atoms with Gasteiger partial charge in [0.25, 0.3) is 0 Å². The smallest absolute Gasteiger partial charge is 0.207 e. The van der Waals surface area contributed by atoms with Gasteiger partial charge in [-0.15, -0.1) is 0 Å². The van der Waals surface area contributed by atoms with Crippen LogP contribution in [0.15, 0.2) is 52.3 Å². The van der Waals surface area contributed by atoms with Crippen LogP contribution in [0.4, 0.5) is 0 Å². The average Bonchev–Trinajstić information content (AvgIpc) is 2.75. The van der Waals surface area contributed by atoms with Crippen LogP contribution in [0.5, 0.6) is 0 Å². The van der Waals surface area contributed by atoms with Gasteiger partial charge in [-0.3, -0.25) is 0 Å². The molecule has 1 aliphatic rings. The number of nitrogens with zero attached hydrogens (tertiary/aromatic N) is 2. The second-order valence-electron chi connectivity index (χ2n) is 7.19. The van der Waals surface area contributed by atoms with Crippen LogP contribution >= 0.6 is 11.6 Å². The Hall–Kier alpha value is -1.45. The standard InChI is InChI=1S/C21H27ClN2O4S2/c1-3-23(4-2)30(27,28)21-11-7-6-10-18(21)19-16-17(12-13-20(19)22)29(25,26)24-14-8-5-9-15-24/h6-7,10-13,16H,3-5,8-9,14-15H2,1-2H3. The van der Waals surface area contributed by atoms with Gasteiger partial charge in [0.15, 0.2) is 0 Å². The van der Waals surface area contributed by atoms with E-state index in [0.29, 0.717) is 42.3 Å². The first kappa shape index (κ1) is 23.2. The first-order valence-corrected chi connectivity index (χ1v) is 13.4. The largest absolute Gasteiger partial charge is 0.243 e. The predicted octanol–water partition coefficient (Wildman–Crippen LogP) is 4.21. The van der Waals surface area contributed by atoms with Crippen LogP contribution in [0.1, 0.15) is 33.1 Å². The second kappa shape index (κ2) is 9.36. The van der Waals surface area contributed by atoms with Crippen molar-refractivity contribution in [2.75, 3.05) is 26.2 Å². The average molecular weight is 471 g/mol. The summed E-state index contributed by atoms with van der Waals surface area (Å²) in [5.41, 5.74) is 0.783. The van der Waals surface area contributed by atoms with Gasteiger partial charge in [-0.05, 0) is 37.1 Å². The van der Waals surface area contributed by atoms with E-state index in [2.05, 4.69) is 0 Å². The van der Waals surface area contributed by atoms with E-state index in [1.54, 1.807) is 32.0 Å². The Labute approximate surface area is 184 Å². The molecule has 0 N–H and O–H groups in total. The van der Waals surface area contributed by atoms with Gasteiger partial charge >= 0.3 is 0 Å². The summed E-state index contributed by atoms with van der Waals surface area (Å²) >= 11 is 6.42. The molecule has 0 saturated carbocycles. The molecule has 0 aliphatic carbocycles. The Morgan fingerprint density at radius 1 is 0.900 bits per heavy atom. The van der Waals surface area contributed by atoms with Crippen LogP contribution in [0.3, 0.4) is 0 Å². The van der Waals surface area contributed by atoms with Crippen molar-refractivity contribution in [3.63, 3.8) is 0 Å². The highest BCUT2D eigenvalue weighted by molar-refractivity contribution is 7.89. The minimum atomic E-state index is -3.75. The van der Waals surface area contributed by atoms with Gasteiger partial charge in [-0.1, -0.05) is 50.1 Å². The van der Waals surface area contributed by atoms with Crippen molar-refractivity contribution >= 4 is 31.6 Å². The maximum atomic E-state index is 13.2. The lowest BCUT2D eigenvalue weighted by molar-refractivity contribution is 0.346. The SMILES string of the molecule is CCN(CC)S(=O)(=O)c1ccccc1-c1cc(S(=O)(=O)N2CCCCC2)ccc1Cl. The lowest BCUT2D eigenvalue weighted by Crippen LogP contribution is -2.35. The van der Waals surface area contributed by atoms with Gasteiger partial charge in [0.1, 0.15) is 0 Å². The summed E-state index contributed by atoms with van der Waals surface area (Å²) in [6.45, 7) is 5.22. The number of piperidine rings is 1. The van der Waals surface area contributed by atoms with E-state index >= 15 is 0 Å². The maximum Gasteiger partial charge on any atom is 0.243 e. The first-order chi connectivity index (χ1) is 14.2. The minimum Gasteiger partial charge on any atom is -0.207 e. The fourth-order valence-corrected chi connectivity index (χ4v) is 7.17. The number of hydrogen-bond donors (Lipinski definition) is 0. The third-order valence-corrected chi connectivity index (χ3v) is 9.72. The fourth-order valence-electron chi connectivity index (χ4n) is 3.74. The summed E-state index contributed by atoms with van der Waals surface area (Å²) in [7, 11) is -7.42. The molecule has 0 atom stereocenters. The van der Waals surface area contributed by atoms with Crippen LogP contribution in [-0.2, 0) is 20.0 Å². The van der Waals surface area contributed by atoms with Crippen molar-refractivity contribution in [3.05, 3.63) is 47.5 Å². The number of halogens is 1. The number of benzene rings is 2. The van der Waals surface area contributed by atoms with E-state index in [1.807, 2.05) is 0 Å². The molecule has 1 aliphatic heterocycles. The minimum absolute atomic E-state index is 0.114. The molecule has 0 aromatic heterocycles. The van der Waals surface area contributed by atoms with E-state index in [0.717, 1.165) is 19.3 Å². The van der Waals surface area contributed by atoms with E-state index in [4.69, 9.17) is 11.6 Å². The monoisotopic (exact) mass is 470 g/mol. The molecule has 3 rings (SSSR count). The van der Waals surface area contributed by atoms with Crippen molar-refractivity contribution in [1.29, 1.82) is 0 Å². The molecule has 30 heavy (non-hydrogen) atoms. The van der Waals surface area contributed by atoms with Gasteiger partial charge in [-0.2, -0.15) is 8.61 Å². The molecule has 0 spiro atoms. The zero-order valence-electron chi connectivity index (χ0n) is 17.2. The molecule has 6 nitrogen and oxygen atoms in total. The van der Waals surface area contributed by atoms with Gasteiger partial charge in [0.05, 0.1) is 9.79 Å². The molecule has 2 aromatic rings. The Morgan fingerprint density at radius 2 is 1.53 bits per heavy atom. The van der Waals surface area contributed by atoms with Crippen LogP contribution in [-0.4, -0.2) is 51.6 Å². The summed E-state index contributed by atoms with van der Waals surface area (Å²) in [6.07, 6.45) is 2.70. The molecule has 1 saturated heterocycles. The summed E-state index contributed by atoms with van der Waals surface area (Å²) in [4.78, 5) is 0.238. The normalized spacial score (nSPS) is 16.1. The van der Waals surface area contributed by atoms with Crippen LogP contribution in [0.2, 0.25) is 5.02 Å². The second-order valence-corrected chi connectivity index (χ2v) is 11.4. The van der Waals surface area contributed by atoms with Crippen molar-refractivity contribution in [2.45, 2.75) is 42.9 Å². The van der Waals surface area contributed by atoms with Crippen LogP contribution in [0.25, 0.3) is 11.1 Å². The van der Waals surface area contributed by atoms with Crippen molar-refractivity contribution in [1.82, 2.24) is 8.61 Å². The molecule has 0 radical (unpaired) electrons. The Morgan fingerprint density at radius 3 is 2.17 bits per heavy atom. The molecule has 0 unspecified atom stereocenters. The lowest BCUT2D eigenvalue weighted by atomic mass is 10.1. The topological polar surface area (TPSA) is 74.8 Å². The Bertz CT molecular complexity index is 1110. The highest BCUT2D eigenvalue weighted by atomic mass is 35.5. The van der Waals surface area contributed by atoms with Crippen molar-refractivity contribution < 1.29 is 16.8 Å².